The number of benzene rings is 2. The van der Waals surface area contributed by atoms with Crippen LogP contribution >= 0.6 is 23.2 Å². The highest BCUT2D eigenvalue weighted by Crippen LogP contribution is 2.34. The van der Waals surface area contributed by atoms with E-state index in [-0.39, 0.29) is 34.5 Å². The molecule has 0 aliphatic rings. The number of nitrogens with one attached hydrogen (secondary N) is 2. The Labute approximate surface area is 184 Å². The van der Waals surface area contributed by atoms with Crippen molar-refractivity contribution in [3.8, 4) is 5.75 Å². The van der Waals surface area contributed by atoms with E-state index in [9.17, 15) is 14.4 Å². The summed E-state index contributed by atoms with van der Waals surface area (Å²) in [5.41, 5.74) is 0.668. The third-order valence-corrected chi connectivity index (χ3v) is 4.14. The molecule has 0 radical (unpaired) electrons. The lowest BCUT2D eigenvalue weighted by Gasteiger charge is -2.19. The molecule has 160 valence electrons. The van der Waals surface area contributed by atoms with Gasteiger partial charge in [0.25, 0.3) is 5.91 Å². The van der Waals surface area contributed by atoms with Gasteiger partial charge in [0, 0.05) is 16.8 Å². The molecule has 0 heterocycles. The smallest absolute Gasteiger partial charge is 0.407 e. The number of halogens is 2. The van der Waals surface area contributed by atoms with Crippen LogP contribution in [-0.2, 0) is 4.74 Å². The average molecular weight is 453 g/mol. The van der Waals surface area contributed by atoms with Gasteiger partial charge in [0.05, 0.1) is 16.6 Å². The molecule has 0 atom stereocenters. The SMILES string of the molecule is CC(C)(C)OC(=O)NCCOc1c(Cl)cc(C(=O)Nc2ccc(C=O)cc2)cc1Cl. The molecule has 0 saturated heterocycles. The second-order valence-corrected chi connectivity index (χ2v) is 8.05. The number of carbonyl (C=O) groups excluding carboxylic acids is 3. The molecule has 30 heavy (non-hydrogen) atoms. The standard InChI is InChI=1S/C21H22Cl2N2O5/c1-21(2,3)30-20(28)24-8-9-29-18-16(22)10-14(11-17(18)23)19(27)25-15-6-4-13(12-26)5-7-15/h4-7,10-12H,8-9H2,1-3H3,(H,24,28)(H,25,27). The molecular formula is C21H22Cl2N2O5. The van der Waals surface area contributed by atoms with Gasteiger partial charge in [-0.05, 0) is 57.2 Å². The zero-order valence-electron chi connectivity index (χ0n) is 16.8. The zero-order valence-corrected chi connectivity index (χ0v) is 18.3. The summed E-state index contributed by atoms with van der Waals surface area (Å²) in [7, 11) is 0. The van der Waals surface area contributed by atoms with E-state index in [1.54, 1.807) is 45.0 Å². The fraction of sp³-hybridized carbons (Fsp3) is 0.286. The zero-order chi connectivity index (χ0) is 22.3. The second-order valence-electron chi connectivity index (χ2n) is 7.24. The topological polar surface area (TPSA) is 93.7 Å². The number of carbonyl (C=O) groups is 3. The number of hydrogen-bond donors (Lipinski definition) is 2. The lowest BCUT2D eigenvalue weighted by atomic mass is 10.2. The normalized spacial score (nSPS) is 10.8. The van der Waals surface area contributed by atoms with E-state index < -0.39 is 17.6 Å². The van der Waals surface area contributed by atoms with Crippen molar-refractivity contribution in [2.75, 3.05) is 18.5 Å². The molecule has 0 bridgehead atoms. The maximum absolute atomic E-state index is 12.4. The summed E-state index contributed by atoms with van der Waals surface area (Å²) in [6, 6.07) is 9.26. The van der Waals surface area contributed by atoms with E-state index in [0.717, 1.165) is 0 Å². The van der Waals surface area contributed by atoms with Gasteiger partial charge in [-0.25, -0.2) is 4.79 Å². The van der Waals surface area contributed by atoms with Crippen molar-refractivity contribution in [3.05, 3.63) is 57.6 Å². The Morgan fingerprint density at radius 3 is 2.20 bits per heavy atom. The van der Waals surface area contributed by atoms with E-state index in [2.05, 4.69) is 10.6 Å². The molecule has 7 nitrogen and oxygen atoms in total. The highest BCUT2D eigenvalue weighted by molar-refractivity contribution is 6.37. The van der Waals surface area contributed by atoms with Crippen molar-refractivity contribution in [1.82, 2.24) is 5.32 Å². The van der Waals surface area contributed by atoms with Gasteiger partial charge >= 0.3 is 6.09 Å². The molecule has 0 aliphatic heterocycles. The molecular weight excluding hydrogens is 431 g/mol. The lowest BCUT2D eigenvalue weighted by Crippen LogP contribution is -2.34. The van der Waals surface area contributed by atoms with E-state index in [1.165, 1.54) is 12.1 Å². The van der Waals surface area contributed by atoms with Gasteiger partial charge in [-0.3, -0.25) is 9.59 Å². The average Bonchev–Trinajstić information content (AvgIpc) is 2.65. The van der Waals surface area contributed by atoms with Gasteiger partial charge in [-0.2, -0.15) is 0 Å². The Morgan fingerprint density at radius 1 is 1.07 bits per heavy atom. The largest absolute Gasteiger partial charge is 0.489 e. The van der Waals surface area contributed by atoms with Crippen molar-refractivity contribution >= 4 is 47.2 Å². The summed E-state index contributed by atoms with van der Waals surface area (Å²) in [5, 5.41) is 5.56. The van der Waals surface area contributed by atoms with Gasteiger partial charge in [-0.15, -0.1) is 0 Å². The Balaban J connectivity index is 1.94. The third kappa shape index (κ3) is 7.24. The predicted octanol–water partition coefficient (Wildman–Crippen LogP) is 4.96. The Hall–Kier alpha value is -2.77. The minimum atomic E-state index is -0.593. The van der Waals surface area contributed by atoms with E-state index >= 15 is 0 Å². The van der Waals surface area contributed by atoms with Crippen molar-refractivity contribution in [2.24, 2.45) is 0 Å². The molecule has 2 amide bonds. The number of anilines is 1. The molecule has 0 spiro atoms. The van der Waals surface area contributed by atoms with Crippen LogP contribution in [0, 0.1) is 0 Å². The first-order valence-electron chi connectivity index (χ1n) is 9.04. The quantitative estimate of drug-likeness (QED) is 0.457. The number of ether oxygens (including phenoxy) is 2. The summed E-state index contributed by atoms with van der Waals surface area (Å²) < 4.78 is 10.6. The van der Waals surface area contributed by atoms with Gasteiger partial charge in [-0.1, -0.05) is 23.2 Å². The fourth-order valence-corrected chi connectivity index (χ4v) is 2.89. The first kappa shape index (κ1) is 23.5. The van der Waals surface area contributed by atoms with Crippen LogP contribution in [0.15, 0.2) is 36.4 Å². The number of hydrogen-bond acceptors (Lipinski definition) is 5. The Morgan fingerprint density at radius 2 is 1.67 bits per heavy atom. The summed E-state index contributed by atoms with van der Waals surface area (Å²) in [6.45, 7) is 5.58. The van der Waals surface area contributed by atoms with Gasteiger partial charge in [0.15, 0.2) is 5.75 Å². The third-order valence-electron chi connectivity index (χ3n) is 3.58. The molecule has 2 aromatic carbocycles. The van der Waals surface area contributed by atoms with Crippen LogP contribution in [0.4, 0.5) is 10.5 Å². The van der Waals surface area contributed by atoms with Crippen LogP contribution in [0.5, 0.6) is 5.75 Å². The number of rotatable bonds is 7. The molecule has 2 aromatic rings. The van der Waals surface area contributed by atoms with Gasteiger partial charge in [0.1, 0.15) is 18.5 Å². The summed E-state index contributed by atoms with van der Waals surface area (Å²) in [6.07, 6.45) is 0.156. The second kappa shape index (κ2) is 10.3. The van der Waals surface area contributed by atoms with Crippen molar-refractivity contribution in [1.29, 1.82) is 0 Å². The maximum atomic E-state index is 12.4. The molecule has 9 heteroatoms. The minimum absolute atomic E-state index is 0.104. The fourth-order valence-electron chi connectivity index (χ4n) is 2.30. The summed E-state index contributed by atoms with van der Waals surface area (Å²) in [5.74, 6) is -0.216. The van der Waals surface area contributed by atoms with E-state index in [4.69, 9.17) is 32.7 Å². The number of aldehydes is 1. The summed E-state index contributed by atoms with van der Waals surface area (Å²) in [4.78, 5) is 34.7. The van der Waals surface area contributed by atoms with Crippen molar-refractivity contribution in [2.45, 2.75) is 26.4 Å². The minimum Gasteiger partial charge on any atom is -0.489 e. The molecule has 2 N–H and O–H groups in total. The first-order valence-corrected chi connectivity index (χ1v) is 9.80. The van der Waals surface area contributed by atoms with E-state index in [1.807, 2.05) is 0 Å². The van der Waals surface area contributed by atoms with Crippen LogP contribution in [0.2, 0.25) is 10.0 Å². The van der Waals surface area contributed by atoms with Crippen LogP contribution in [-0.4, -0.2) is 37.0 Å². The maximum Gasteiger partial charge on any atom is 0.407 e. The van der Waals surface area contributed by atoms with Crippen LogP contribution in [0.1, 0.15) is 41.5 Å². The lowest BCUT2D eigenvalue weighted by molar-refractivity contribution is 0.0520. The molecule has 0 fully saturated rings. The highest BCUT2D eigenvalue weighted by Gasteiger charge is 2.17. The van der Waals surface area contributed by atoms with Crippen LogP contribution in [0.3, 0.4) is 0 Å². The highest BCUT2D eigenvalue weighted by atomic mass is 35.5. The molecule has 0 aromatic heterocycles. The Bertz CT molecular complexity index is 901. The van der Waals surface area contributed by atoms with Crippen molar-refractivity contribution < 1.29 is 23.9 Å². The molecule has 0 aliphatic carbocycles. The molecule has 2 rings (SSSR count). The van der Waals surface area contributed by atoms with E-state index in [0.29, 0.717) is 17.5 Å². The number of alkyl carbamates (subject to hydrolysis) is 1. The monoisotopic (exact) mass is 452 g/mol. The molecule has 0 saturated carbocycles. The summed E-state index contributed by atoms with van der Waals surface area (Å²) >= 11 is 12.4. The first-order chi connectivity index (χ1) is 14.1. The van der Waals surface area contributed by atoms with Crippen LogP contribution in [0.25, 0.3) is 0 Å². The van der Waals surface area contributed by atoms with Crippen LogP contribution < -0.4 is 15.4 Å². The molecule has 0 unspecified atom stereocenters. The van der Waals surface area contributed by atoms with Gasteiger partial charge < -0.3 is 20.1 Å². The predicted molar refractivity (Wildman–Crippen MR) is 116 cm³/mol. The number of amides is 2. The Kier molecular flexibility index (Phi) is 8.08. The van der Waals surface area contributed by atoms with Gasteiger partial charge in [0.2, 0.25) is 0 Å². The van der Waals surface area contributed by atoms with Crippen molar-refractivity contribution in [3.63, 3.8) is 0 Å².